The Balaban J connectivity index is 2.10. The molecule has 0 bridgehead atoms. The van der Waals surface area contributed by atoms with Gasteiger partial charge in [0.05, 0.1) is 18.6 Å². The monoisotopic (exact) mass is 343 g/mol. The number of carbonyl (C=O) groups excluding carboxylic acids is 2. The Morgan fingerprint density at radius 3 is 2.77 bits per heavy atom. The van der Waals surface area contributed by atoms with Crippen LogP contribution in [0.3, 0.4) is 0 Å². The van der Waals surface area contributed by atoms with Crippen molar-refractivity contribution in [2.75, 3.05) is 18.2 Å². The van der Waals surface area contributed by atoms with Crippen LogP contribution in [0.25, 0.3) is 0 Å². The van der Waals surface area contributed by atoms with E-state index in [1.807, 2.05) is 0 Å². The zero-order chi connectivity index (χ0) is 16.1. The van der Waals surface area contributed by atoms with E-state index < -0.39 is 23.5 Å². The summed E-state index contributed by atoms with van der Waals surface area (Å²) in [6.07, 6.45) is 0. The number of anilines is 1. The molecular weight excluding hydrogens is 332 g/mol. The highest BCUT2D eigenvalue weighted by atomic mass is 32.2. The molecule has 4 nitrogen and oxygen atoms in total. The second kappa shape index (κ2) is 7.37. The van der Waals surface area contributed by atoms with Gasteiger partial charge >= 0.3 is 5.97 Å². The van der Waals surface area contributed by atoms with Crippen molar-refractivity contribution in [1.29, 1.82) is 0 Å². The molecule has 0 aliphatic carbocycles. The largest absolute Gasteiger partial charge is 0.468 e. The highest BCUT2D eigenvalue weighted by Gasteiger charge is 2.16. The van der Waals surface area contributed by atoms with Crippen molar-refractivity contribution in [3.8, 4) is 0 Å². The van der Waals surface area contributed by atoms with Gasteiger partial charge < -0.3 is 10.1 Å². The zero-order valence-electron chi connectivity index (χ0n) is 11.4. The first-order valence-corrected chi connectivity index (χ1v) is 7.91. The Morgan fingerprint density at radius 2 is 2.09 bits per heavy atom. The predicted octanol–water partition coefficient (Wildman–Crippen LogP) is 3.54. The Labute approximate surface area is 133 Å². The lowest BCUT2D eigenvalue weighted by atomic mass is 10.3. The number of amides is 1. The van der Waals surface area contributed by atoms with Crippen molar-refractivity contribution < 1.29 is 23.1 Å². The third-order valence-corrected chi connectivity index (χ3v) is 4.66. The Kier molecular flexibility index (Phi) is 5.51. The molecule has 0 aliphatic heterocycles. The van der Waals surface area contributed by atoms with Gasteiger partial charge in [-0.2, -0.15) is 0 Å². The summed E-state index contributed by atoms with van der Waals surface area (Å²) in [4.78, 5) is 24.2. The number of benzene rings is 1. The van der Waals surface area contributed by atoms with Crippen molar-refractivity contribution in [2.24, 2.45) is 0 Å². The zero-order valence-corrected chi connectivity index (χ0v) is 13.0. The Hall–Kier alpha value is -1.93. The predicted molar refractivity (Wildman–Crippen MR) is 81.4 cm³/mol. The lowest BCUT2D eigenvalue weighted by Crippen LogP contribution is -2.13. The molecule has 8 heteroatoms. The molecule has 1 amide bonds. The summed E-state index contributed by atoms with van der Waals surface area (Å²) < 4.78 is 30.9. The molecule has 0 unspecified atom stereocenters. The van der Waals surface area contributed by atoms with E-state index in [9.17, 15) is 18.4 Å². The molecule has 1 N–H and O–H groups in total. The van der Waals surface area contributed by atoms with Crippen molar-refractivity contribution in [3.63, 3.8) is 0 Å². The molecular formula is C14H11F2NO3S2. The first kappa shape index (κ1) is 16.4. The summed E-state index contributed by atoms with van der Waals surface area (Å²) in [6.45, 7) is 0. The molecule has 0 saturated heterocycles. The maximum absolute atomic E-state index is 13.5. The van der Waals surface area contributed by atoms with Crippen LogP contribution in [0, 0.1) is 11.6 Å². The lowest BCUT2D eigenvalue weighted by Gasteiger charge is -2.07. The number of halogens is 2. The summed E-state index contributed by atoms with van der Waals surface area (Å²) in [6, 6.07) is 4.59. The standard InChI is InChI=1S/C14H11F2NO3S2/c1-20-12(18)7-22-11-4-5-21-13(11)14(19)17-10-3-2-8(15)6-9(10)16/h2-6H,7H2,1H3,(H,17,19). The number of esters is 1. The summed E-state index contributed by atoms with van der Waals surface area (Å²) in [7, 11) is 1.28. The number of hydrogen-bond acceptors (Lipinski definition) is 5. The van der Waals surface area contributed by atoms with E-state index in [-0.39, 0.29) is 11.4 Å². The van der Waals surface area contributed by atoms with Crippen LogP contribution in [0.4, 0.5) is 14.5 Å². The Bertz CT molecular complexity index is 703. The van der Waals surface area contributed by atoms with Crippen LogP contribution in [0.1, 0.15) is 9.67 Å². The topological polar surface area (TPSA) is 55.4 Å². The van der Waals surface area contributed by atoms with E-state index >= 15 is 0 Å². The minimum Gasteiger partial charge on any atom is -0.468 e. The molecule has 1 heterocycles. The van der Waals surface area contributed by atoms with Gasteiger partial charge in [-0.15, -0.1) is 23.1 Å². The molecule has 2 aromatic rings. The summed E-state index contributed by atoms with van der Waals surface area (Å²) in [5.74, 6) is -2.44. The molecule has 1 aromatic heterocycles. The van der Waals surface area contributed by atoms with Gasteiger partial charge in [-0.3, -0.25) is 9.59 Å². The van der Waals surface area contributed by atoms with Crippen LogP contribution in [0.15, 0.2) is 34.5 Å². The van der Waals surface area contributed by atoms with Crippen molar-refractivity contribution >= 4 is 40.7 Å². The van der Waals surface area contributed by atoms with Gasteiger partial charge in [-0.1, -0.05) is 0 Å². The highest BCUT2D eigenvalue weighted by Crippen LogP contribution is 2.28. The molecule has 1 aromatic carbocycles. The third-order valence-electron chi connectivity index (χ3n) is 2.59. The number of methoxy groups -OCH3 is 1. The van der Waals surface area contributed by atoms with Crippen LogP contribution < -0.4 is 5.32 Å². The number of hydrogen-bond donors (Lipinski definition) is 1. The van der Waals surface area contributed by atoms with Crippen LogP contribution in [-0.4, -0.2) is 24.7 Å². The number of nitrogens with one attached hydrogen (secondary N) is 1. The van der Waals surface area contributed by atoms with E-state index in [1.165, 1.54) is 7.11 Å². The van der Waals surface area contributed by atoms with Crippen LogP contribution in [0.2, 0.25) is 0 Å². The quantitative estimate of drug-likeness (QED) is 0.666. The fourth-order valence-corrected chi connectivity index (χ4v) is 3.41. The van der Waals surface area contributed by atoms with Gasteiger partial charge in [0.25, 0.3) is 5.91 Å². The van der Waals surface area contributed by atoms with Gasteiger partial charge in [0.15, 0.2) is 0 Å². The maximum atomic E-state index is 13.5. The van der Waals surface area contributed by atoms with Crippen LogP contribution >= 0.6 is 23.1 Å². The molecule has 116 valence electrons. The van der Waals surface area contributed by atoms with Crippen LogP contribution in [0.5, 0.6) is 0 Å². The van der Waals surface area contributed by atoms with Crippen LogP contribution in [-0.2, 0) is 9.53 Å². The Morgan fingerprint density at radius 1 is 1.32 bits per heavy atom. The van der Waals surface area contributed by atoms with Gasteiger partial charge in [-0.25, -0.2) is 8.78 Å². The molecule has 0 spiro atoms. The fraction of sp³-hybridized carbons (Fsp3) is 0.143. The number of carbonyl (C=O) groups is 2. The van der Waals surface area contributed by atoms with E-state index in [0.29, 0.717) is 15.8 Å². The number of ether oxygens (including phenoxy) is 1. The van der Waals surface area contributed by atoms with E-state index in [1.54, 1.807) is 11.4 Å². The highest BCUT2D eigenvalue weighted by molar-refractivity contribution is 8.00. The number of thioether (sulfide) groups is 1. The van der Waals surface area contributed by atoms with E-state index in [2.05, 4.69) is 10.1 Å². The third kappa shape index (κ3) is 4.05. The smallest absolute Gasteiger partial charge is 0.315 e. The normalized spacial score (nSPS) is 10.3. The van der Waals surface area contributed by atoms with Gasteiger partial charge in [-0.05, 0) is 23.6 Å². The molecule has 0 aliphatic rings. The maximum Gasteiger partial charge on any atom is 0.315 e. The molecule has 0 radical (unpaired) electrons. The summed E-state index contributed by atoms with van der Waals surface area (Å²) in [5.41, 5.74) is -0.108. The van der Waals surface area contributed by atoms with Crippen molar-refractivity contribution in [2.45, 2.75) is 4.90 Å². The first-order chi connectivity index (χ1) is 10.5. The SMILES string of the molecule is COC(=O)CSc1ccsc1C(=O)Nc1ccc(F)cc1F. The molecule has 0 fully saturated rings. The summed E-state index contributed by atoms with van der Waals surface area (Å²) >= 11 is 2.32. The number of rotatable bonds is 5. The average molecular weight is 343 g/mol. The minimum atomic E-state index is -0.853. The minimum absolute atomic E-state index is 0.0679. The fourth-order valence-electron chi connectivity index (χ4n) is 1.54. The lowest BCUT2D eigenvalue weighted by molar-refractivity contribution is -0.137. The molecule has 0 atom stereocenters. The van der Waals surface area contributed by atoms with Crippen molar-refractivity contribution in [1.82, 2.24) is 0 Å². The second-order valence-electron chi connectivity index (χ2n) is 4.06. The molecule has 2 rings (SSSR count). The first-order valence-electron chi connectivity index (χ1n) is 6.04. The van der Waals surface area contributed by atoms with Crippen molar-refractivity contribution in [3.05, 3.63) is 46.2 Å². The molecule has 22 heavy (non-hydrogen) atoms. The van der Waals surface area contributed by atoms with Gasteiger partial charge in [0, 0.05) is 11.0 Å². The average Bonchev–Trinajstić information content (AvgIpc) is 2.96. The van der Waals surface area contributed by atoms with Gasteiger partial charge in [0.2, 0.25) is 0 Å². The van der Waals surface area contributed by atoms with E-state index in [0.717, 1.165) is 35.2 Å². The summed E-state index contributed by atoms with van der Waals surface area (Å²) in [5, 5.41) is 4.07. The van der Waals surface area contributed by atoms with E-state index in [4.69, 9.17) is 0 Å². The number of thiophene rings is 1. The molecule has 0 saturated carbocycles. The van der Waals surface area contributed by atoms with Gasteiger partial charge in [0.1, 0.15) is 16.5 Å². The second-order valence-corrected chi connectivity index (χ2v) is 5.99.